The maximum atomic E-state index is 12.2. The predicted octanol–water partition coefficient (Wildman–Crippen LogP) is 0.677. The topological polar surface area (TPSA) is 95.1 Å². The van der Waals surface area contributed by atoms with Crippen LogP contribution in [0.25, 0.3) is 0 Å². The van der Waals surface area contributed by atoms with Crippen LogP contribution in [-0.2, 0) is 16.6 Å². The third kappa shape index (κ3) is 3.05. The normalized spacial score (nSPS) is 13.0. The Hall–Kier alpha value is -0.920. The van der Waals surface area contributed by atoms with Gasteiger partial charge in [-0.2, -0.15) is 5.10 Å². The van der Waals surface area contributed by atoms with Crippen molar-refractivity contribution in [1.82, 2.24) is 14.9 Å². The Morgan fingerprint density at radius 2 is 2.06 bits per heavy atom. The summed E-state index contributed by atoms with van der Waals surface area (Å²) in [6.07, 6.45) is 0.664. The van der Waals surface area contributed by atoms with Crippen LogP contribution in [0.5, 0.6) is 0 Å². The molecule has 0 aliphatic rings. The number of aromatic nitrogens is 2. The number of hydrogen-bond acceptors (Lipinski definition) is 4. The van der Waals surface area contributed by atoms with E-state index in [0.29, 0.717) is 12.1 Å². The van der Waals surface area contributed by atoms with Crippen LogP contribution in [0.1, 0.15) is 38.6 Å². The highest BCUT2D eigenvalue weighted by molar-refractivity contribution is 7.89. The first kappa shape index (κ1) is 14.1. The maximum absolute atomic E-state index is 12.2. The number of aliphatic hydroxyl groups excluding tert-OH is 1. The molecular weight excluding hydrogens is 242 g/mol. The molecule has 0 radical (unpaired) electrons. The third-order valence-electron chi connectivity index (χ3n) is 2.67. The van der Waals surface area contributed by atoms with Gasteiger partial charge in [-0.05, 0) is 27.2 Å². The Morgan fingerprint density at radius 3 is 2.53 bits per heavy atom. The van der Waals surface area contributed by atoms with Crippen LogP contribution in [0.15, 0.2) is 4.90 Å². The second-order valence-corrected chi connectivity index (χ2v) is 6.24. The molecule has 0 unspecified atom stereocenters. The van der Waals surface area contributed by atoms with Gasteiger partial charge in [0, 0.05) is 5.54 Å². The second kappa shape index (κ2) is 4.75. The minimum absolute atomic E-state index is 0.0431. The number of aliphatic hydroxyl groups is 1. The molecule has 0 atom stereocenters. The molecule has 0 aliphatic carbocycles. The summed E-state index contributed by atoms with van der Waals surface area (Å²) < 4.78 is 27.0. The van der Waals surface area contributed by atoms with Crippen molar-refractivity contribution in [3.8, 4) is 0 Å². The molecule has 1 aromatic heterocycles. The summed E-state index contributed by atoms with van der Waals surface area (Å²) in [5, 5.41) is 15.4. The molecule has 0 saturated carbocycles. The lowest BCUT2D eigenvalue weighted by atomic mass is 10.0. The van der Waals surface area contributed by atoms with Crippen molar-refractivity contribution >= 4 is 10.0 Å². The average molecular weight is 261 g/mol. The summed E-state index contributed by atoms with van der Waals surface area (Å²) in [7, 11) is -3.66. The standard InChI is InChI=1S/C10H19N3O3S/c1-5-10(3,4)13-17(15,16)9-7(2)11-12-8(9)6-14/h13-14H,5-6H2,1-4H3,(H,11,12). The molecule has 0 amide bonds. The van der Waals surface area contributed by atoms with E-state index in [1.165, 1.54) is 0 Å². The smallest absolute Gasteiger partial charge is 0.244 e. The fraction of sp³-hybridized carbons (Fsp3) is 0.700. The van der Waals surface area contributed by atoms with Gasteiger partial charge in [-0.1, -0.05) is 6.92 Å². The molecule has 0 fully saturated rings. The van der Waals surface area contributed by atoms with Gasteiger partial charge in [0.15, 0.2) is 0 Å². The molecular formula is C10H19N3O3S. The summed E-state index contributed by atoms with van der Waals surface area (Å²) in [5.41, 5.74) is 0.0327. The van der Waals surface area contributed by atoms with Crippen molar-refractivity contribution in [2.45, 2.75) is 51.2 Å². The minimum atomic E-state index is -3.66. The first-order valence-corrected chi connectivity index (χ1v) is 6.90. The van der Waals surface area contributed by atoms with Crippen molar-refractivity contribution in [1.29, 1.82) is 0 Å². The van der Waals surface area contributed by atoms with Crippen LogP contribution in [0.3, 0.4) is 0 Å². The van der Waals surface area contributed by atoms with E-state index in [1.807, 2.05) is 6.92 Å². The number of sulfonamides is 1. The highest BCUT2D eigenvalue weighted by Crippen LogP contribution is 2.20. The number of hydrogen-bond donors (Lipinski definition) is 3. The number of nitrogens with one attached hydrogen (secondary N) is 2. The lowest BCUT2D eigenvalue weighted by molar-refractivity contribution is 0.273. The van der Waals surface area contributed by atoms with Crippen LogP contribution in [0, 0.1) is 6.92 Å². The zero-order chi connectivity index (χ0) is 13.3. The Balaban J connectivity index is 3.18. The van der Waals surface area contributed by atoms with Gasteiger partial charge in [-0.3, -0.25) is 5.10 Å². The van der Waals surface area contributed by atoms with Crippen molar-refractivity contribution in [2.75, 3.05) is 0 Å². The molecule has 17 heavy (non-hydrogen) atoms. The van der Waals surface area contributed by atoms with Crippen molar-refractivity contribution in [2.24, 2.45) is 0 Å². The average Bonchev–Trinajstić information content (AvgIpc) is 2.58. The molecule has 0 saturated heterocycles. The summed E-state index contributed by atoms with van der Waals surface area (Å²) in [6.45, 7) is 6.71. The Labute approximate surface area is 101 Å². The van der Waals surface area contributed by atoms with Gasteiger partial charge in [0.25, 0.3) is 0 Å². The van der Waals surface area contributed by atoms with E-state index in [4.69, 9.17) is 5.11 Å². The molecule has 7 heteroatoms. The van der Waals surface area contributed by atoms with Crippen molar-refractivity contribution in [3.05, 3.63) is 11.4 Å². The number of nitrogens with zero attached hydrogens (tertiary/aromatic N) is 1. The molecule has 0 aliphatic heterocycles. The van der Waals surface area contributed by atoms with Gasteiger partial charge in [0.2, 0.25) is 10.0 Å². The fourth-order valence-corrected chi connectivity index (χ4v) is 3.26. The summed E-state index contributed by atoms with van der Waals surface area (Å²) in [4.78, 5) is 0.0431. The van der Waals surface area contributed by atoms with Crippen molar-refractivity contribution in [3.63, 3.8) is 0 Å². The largest absolute Gasteiger partial charge is 0.390 e. The Bertz CT molecular complexity index is 491. The number of H-pyrrole nitrogens is 1. The first-order chi connectivity index (χ1) is 7.73. The van der Waals surface area contributed by atoms with Crippen LogP contribution in [-0.4, -0.2) is 29.3 Å². The van der Waals surface area contributed by atoms with E-state index in [9.17, 15) is 8.42 Å². The summed E-state index contributed by atoms with van der Waals surface area (Å²) in [5.74, 6) is 0. The molecule has 0 bridgehead atoms. The highest BCUT2D eigenvalue weighted by atomic mass is 32.2. The van der Waals surface area contributed by atoms with E-state index in [-0.39, 0.29) is 10.6 Å². The number of aryl methyl sites for hydroxylation is 1. The van der Waals surface area contributed by atoms with Gasteiger partial charge < -0.3 is 5.11 Å². The minimum Gasteiger partial charge on any atom is -0.390 e. The summed E-state index contributed by atoms with van der Waals surface area (Å²) in [6, 6.07) is 0. The van der Waals surface area contributed by atoms with Crippen LogP contribution in [0.4, 0.5) is 0 Å². The summed E-state index contributed by atoms with van der Waals surface area (Å²) >= 11 is 0. The third-order valence-corrected chi connectivity index (χ3v) is 4.57. The zero-order valence-electron chi connectivity index (χ0n) is 10.5. The van der Waals surface area contributed by atoms with E-state index < -0.39 is 22.2 Å². The SMILES string of the molecule is CCC(C)(C)NS(=O)(=O)c1c(CO)n[nH]c1C. The molecule has 1 heterocycles. The quantitative estimate of drug-likeness (QED) is 0.726. The number of aromatic amines is 1. The molecule has 3 N–H and O–H groups in total. The van der Waals surface area contributed by atoms with Crippen molar-refractivity contribution < 1.29 is 13.5 Å². The molecule has 0 aromatic carbocycles. The molecule has 1 rings (SSSR count). The van der Waals surface area contributed by atoms with Crippen LogP contribution in [0.2, 0.25) is 0 Å². The first-order valence-electron chi connectivity index (χ1n) is 5.42. The van der Waals surface area contributed by atoms with E-state index in [2.05, 4.69) is 14.9 Å². The lowest BCUT2D eigenvalue weighted by Crippen LogP contribution is -2.43. The zero-order valence-corrected chi connectivity index (χ0v) is 11.3. The van der Waals surface area contributed by atoms with Gasteiger partial charge >= 0.3 is 0 Å². The van der Waals surface area contributed by atoms with Gasteiger partial charge in [-0.15, -0.1) is 0 Å². The van der Waals surface area contributed by atoms with Gasteiger partial charge in [-0.25, -0.2) is 13.1 Å². The highest BCUT2D eigenvalue weighted by Gasteiger charge is 2.29. The fourth-order valence-electron chi connectivity index (χ4n) is 1.42. The molecule has 0 spiro atoms. The molecule has 98 valence electrons. The number of rotatable bonds is 5. The van der Waals surface area contributed by atoms with Gasteiger partial charge in [0.05, 0.1) is 12.3 Å². The lowest BCUT2D eigenvalue weighted by Gasteiger charge is -2.24. The second-order valence-electron chi connectivity index (χ2n) is 4.63. The van der Waals surface area contributed by atoms with Crippen LogP contribution >= 0.6 is 0 Å². The molecule has 6 nitrogen and oxygen atoms in total. The Kier molecular flexibility index (Phi) is 3.95. The van der Waals surface area contributed by atoms with E-state index >= 15 is 0 Å². The monoisotopic (exact) mass is 261 g/mol. The van der Waals surface area contributed by atoms with Gasteiger partial charge in [0.1, 0.15) is 10.6 Å². The van der Waals surface area contributed by atoms with Crippen LogP contribution < -0.4 is 4.72 Å². The van der Waals surface area contributed by atoms with E-state index in [0.717, 1.165) is 0 Å². The molecule has 1 aromatic rings. The maximum Gasteiger partial charge on any atom is 0.244 e. The predicted molar refractivity (Wildman–Crippen MR) is 63.9 cm³/mol. The Morgan fingerprint density at radius 1 is 1.47 bits per heavy atom. The van der Waals surface area contributed by atoms with E-state index in [1.54, 1.807) is 20.8 Å².